The molecule has 0 bridgehead atoms. The third kappa shape index (κ3) is 2.59. The fourth-order valence-electron chi connectivity index (χ4n) is 1.91. The Balaban J connectivity index is 1.89. The second kappa shape index (κ2) is 4.79. The largest absolute Gasteiger partial charge is 0.394 e. The molecule has 0 aliphatic carbocycles. The fourth-order valence-corrected chi connectivity index (χ4v) is 1.91. The number of hydrogen-bond donors (Lipinski definition) is 3. The molecule has 0 atom stereocenters. The third-order valence-electron chi connectivity index (χ3n) is 3.08. The maximum absolute atomic E-state index is 9.44. The second-order valence-corrected chi connectivity index (χ2v) is 4.12. The van der Waals surface area contributed by atoms with Gasteiger partial charge in [0.2, 0.25) is 0 Å². The number of ether oxygens (including phenoxy) is 1. The van der Waals surface area contributed by atoms with E-state index in [1.807, 2.05) is 18.5 Å². The van der Waals surface area contributed by atoms with E-state index in [9.17, 15) is 5.11 Å². The Bertz CT molecular complexity index is 279. The molecule has 1 aliphatic rings. The summed E-state index contributed by atoms with van der Waals surface area (Å²) in [5, 5.41) is 12.9. The molecule has 3 N–H and O–H groups in total. The predicted octanol–water partition coefficient (Wildman–Crippen LogP) is 0.646. The van der Waals surface area contributed by atoms with Gasteiger partial charge in [-0.3, -0.25) is 0 Å². The molecular weight excluding hydrogens is 192 g/mol. The smallest absolute Gasteiger partial charge is 0.0615 e. The van der Waals surface area contributed by atoms with Crippen LogP contribution in [0.2, 0.25) is 0 Å². The predicted molar refractivity (Wildman–Crippen MR) is 57.5 cm³/mol. The highest BCUT2D eigenvalue weighted by Crippen LogP contribution is 2.20. The highest BCUT2D eigenvalue weighted by molar-refractivity contribution is 5.08. The minimum absolute atomic E-state index is 0.143. The van der Waals surface area contributed by atoms with E-state index in [1.165, 1.54) is 5.56 Å². The van der Waals surface area contributed by atoms with E-state index in [4.69, 9.17) is 4.74 Å². The molecule has 0 aromatic carbocycles. The van der Waals surface area contributed by atoms with Crippen LogP contribution in [0.5, 0.6) is 0 Å². The molecule has 0 unspecified atom stereocenters. The molecule has 1 aliphatic heterocycles. The first-order valence-electron chi connectivity index (χ1n) is 5.40. The summed E-state index contributed by atoms with van der Waals surface area (Å²) in [7, 11) is 0. The van der Waals surface area contributed by atoms with Gasteiger partial charge in [-0.25, -0.2) is 0 Å². The maximum atomic E-state index is 9.44. The van der Waals surface area contributed by atoms with E-state index < -0.39 is 0 Å². The van der Waals surface area contributed by atoms with E-state index >= 15 is 0 Å². The van der Waals surface area contributed by atoms with Crippen molar-refractivity contribution in [3.63, 3.8) is 0 Å². The van der Waals surface area contributed by atoms with Gasteiger partial charge in [0, 0.05) is 37.7 Å². The average molecular weight is 210 g/mol. The molecule has 0 saturated carbocycles. The lowest BCUT2D eigenvalue weighted by Crippen LogP contribution is -2.51. The van der Waals surface area contributed by atoms with Gasteiger partial charge in [-0.2, -0.15) is 0 Å². The van der Waals surface area contributed by atoms with Gasteiger partial charge in [0.25, 0.3) is 0 Å². The molecule has 2 rings (SSSR count). The van der Waals surface area contributed by atoms with E-state index in [1.54, 1.807) is 0 Å². The van der Waals surface area contributed by atoms with Crippen LogP contribution in [0.25, 0.3) is 0 Å². The van der Waals surface area contributed by atoms with Gasteiger partial charge in [-0.1, -0.05) is 0 Å². The molecule has 4 nitrogen and oxygen atoms in total. The molecule has 1 aromatic heterocycles. The summed E-state index contributed by atoms with van der Waals surface area (Å²) in [6.07, 6.45) is 5.64. The number of rotatable bonds is 4. The molecule has 0 radical (unpaired) electrons. The molecule has 0 spiro atoms. The summed E-state index contributed by atoms with van der Waals surface area (Å²) >= 11 is 0. The van der Waals surface area contributed by atoms with Gasteiger partial charge in [0.05, 0.1) is 6.61 Å². The van der Waals surface area contributed by atoms with Crippen molar-refractivity contribution in [3.05, 3.63) is 24.0 Å². The summed E-state index contributed by atoms with van der Waals surface area (Å²) < 4.78 is 5.31. The minimum Gasteiger partial charge on any atom is -0.394 e. The van der Waals surface area contributed by atoms with Gasteiger partial charge in [-0.05, 0) is 24.5 Å². The van der Waals surface area contributed by atoms with Crippen LogP contribution in [-0.4, -0.2) is 35.5 Å². The van der Waals surface area contributed by atoms with Crippen molar-refractivity contribution in [2.45, 2.75) is 24.9 Å². The van der Waals surface area contributed by atoms with E-state index in [0.717, 1.165) is 32.6 Å². The van der Waals surface area contributed by atoms with E-state index in [-0.39, 0.29) is 12.1 Å². The second-order valence-electron chi connectivity index (χ2n) is 4.12. The molecule has 1 fully saturated rings. The monoisotopic (exact) mass is 210 g/mol. The van der Waals surface area contributed by atoms with Gasteiger partial charge >= 0.3 is 0 Å². The number of aliphatic hydroxyl groups is 1. The maximum Gasteiger partial charge on any atom is 0.0615 e. The van der Waals surface area contributed by atoms with Crippen molar-refractivity contribution < 1.29 is 9.84 Å². The van der Waals surface area contributed by atoms with Crippen LogP contribution in [-0.2, 0) is 11.3 Å². The average Bonchev–Trinajstić information content (AvgIpc) is 2.81. The number of nitrogens with one attached hydrogen (secondary N) is 2. The van der Waals surface area contributed by atoms with Crippen LogP contribution >= 0.6 is 0 Å². The molecule has 0 amide bonds. The zero-order valence-electron chi connectivity index (χ0n) is 8.83. The first-order chi connectivity index (χ1) is 7.35. The SMILES string of the molecule is OCC1(NCc2cc[nH]c2)CCOCC1. The standard InChI is InChI=1S/C11H18N2O2/c14-9-11(2-5-15-6-3-11)13-8-10-1-4-12-7-10/h1,4,7,12-14H,2-3,5-6,8-9H2. The van der Waals surface area contributed by atoms with Crippen LogP contribution < -0.4 is 5.32 Å². The van der Waals surface area contributed by atoms with Crippen molar-refractivity contribution in [2.24, 2.45) is 0 Å². The lowest BCUT2D eigenvalue weighted by Gasteiger charge is -2.36. The Kier molecular flexibility index (Phi) is 3.41. The van der Waals surface area contributed by atoms with E-state index in [0.29, 0.717) is 0 Å². The Labute approximate surface area is 89.6 Å². The molecule has 4 heteroatoms. The Morgan fingerprint density at radius 3 is 2.87 bits per heavy atom. The minimum atomic E-state index is -0.143. The highest BCUT2D eigenvalue weighted by Gasteiger charge is 2.31. The molecule has 84 valence electrons. The van der Waals surface area contributed by atoms with Crippen LogP contribution in [0.15, 0.2) is 18.5 Å². The van der Waals surface area contributed by atoms with E-state index in [2.05, 4.69) is 10.3 Å². The quantitative estimate of drug-likeness (QED) is 0.683. The molecule has 1 aromatic rings. The van der Waals surface area contributed by atoms with Gasteiger partial charge < -0.3 is 20.1 Å². The molecule has 2 heterocycles. The first kappa shape index (κ1) is 10.7. The van der Waals surface area contributed by atoms with Crippen molar-refractivity contribution in [1.29, 1.82) is 0 Å². The summed E-state index contributed by atoms with van der Waals surface area (Å²) in [4.78, 5) is 3.02. The fraction of sp³-hybridized carbons (Fsp3) is 0.636. The lowest BCUT2D eigenvalue weighted by atomic mass is 9.91. The number of aromatic nitrogens is 1. The van der Waals surface area contributed by atoms with Crippen molar-refractivity contribution >= 4 is 0 Å². The number of aliphatic hydroxyl groups excluding tert-OH is 1. The van der Waals surface area contributed by atoms with Gasteiger partial charge in [-0.15, -0.1) is 0 Å². The third-order valence-corrected chi connectivity index (χ3v) is 3.08. The number of aromatic amines is 1. The zero-order valence-corrected chi connectivity index (χ0v) is 8.83. The molecule has 15 heavy (non-hydrogen) atoms. The van der Waals surface area contributed by atoms with Crippen LogP contribution in [0, 0.1) is 0 Å². The lowest BCUT2D eigenvalue weighted by molar-refractivity contribution is 0.0112. The number of hydrogen-bond acceptors (Lipinski definition) is 3. The highest BCUT2D eigenvalue weighted by atomic mass is 16.5. The Morgan fingerprint density at radius 2 is 2.27 bits per heavy atom. The Morgan fingerprint density at radius 1 is 1.47 bits per heavy atom. The zero-order chi connectivity index (χ0) is 10.6. The van der Waals surface area contributed by atoms with Gasteiger partial charge in [0.15, 0.2) is 0 Å². The number of H-pyrrole nitrogens is 1. The van der Waals surface area contributed by atoms with Gasteiger partial charge in [0.1, 0.15) is 0 Å². The summed E-state index contributed by atoms with van der Waals surface area (Å²) in [5.74, 6) is 0. The van der Waals surface area contributed by atoms with Crippen molar-refractivity contribution in [1.82, 2.24) is 10.3 Å². The summed E-state index contributed by atoms with van der Waals surface area (Å²) in [5.41, 5.74) is 1.07. The Hall–Kier alpha value is -0.840. The van der Waals surface area contributed by atoms with Crippen molar-refractivity contribution in [2.75, 3.05) is 19.8 Å². The van der Waals surface area contributed by atoms with Crippen LogP contribution in [0.1, 0.15) is 18.4 Å². The van der Waals surface area contributed by atoms with Crippen molar-refractivity contribution in [3.8, 4) is 0 Å². The summed E-state index contributed by atoms with van der Waals surface area (Å²) in [6, 6.07) is 2.04. The molecule has 1 saturated heterocycles. The van der Waals surface area contributed by atoms with Crippen LogP contribution in [0.3, 0.4) is 0 Å². The van der Waals surface area contributed by atoms with Crippen LogP contribution in [0.4, 0.5) is 0 Å². The summed E-state index contributed by atoms with van der Waals surface area (Å²) in [6.45, 7) is 2.45. The molecular formula is C11H18N2O2. The first-order valence-corrected chi connectivity index (χ1v) is 5.40. The topological polar surface area (TPSA) is 57.3 Å². The normalized spacial score (nSPS) is 20.3.